The highest BCUT2D eigenvalue weighted by atomic mass is 32.2. The molecule has 1 heterocycles. The van der Waals surface area contributed by atoms with Gasteiger partial charge in [-0.25, -0.2) is 13.4 Å². The van der Waals surface area contributed by atoms with Crippen molar-refractivity contribution in [1.29, 1.82) is 0 Å². The molecule has 6 heteroatoms. The molecule has 0 atom stereocenters. The third kappa shape index (κ3) is 2.88. The number of nitrogens with one attached hydrogen (secondary N) is 1. The van der Waals surface area contributed by atoms with Crippen molar-refractivity contribution in [2.75, 3.05) is 10.5 Å². The number of nitrogens with two attached hydrogens (primary N) is 1. The minimum absolute atomic E-state index is 0.160. The van der Waals surface area contributed by atoms with Crippen LogP contribution in [0.3, 0.4) is 0 Å². The summed E-state index contributed by atoms with van der Waals surface area (Å²) in [6, 6.07) is 21.1. The van der Waals surface area contributed by atoms with Crippen molar-refractivity contribution < 1.29 is 8.42 Å². The Kier molecular flexibility index (Phi) is 3.54. The number of anilines is 2. The topological polar surface area (TPSA) is 85.1 Å². The molecule has 0 aliphatic carbocycles. The van der Waals surface area contributed by atoms with Gasteiger partial charge in [0, 0.05) is 16.5 Å². The summed E-state index contributed by atoms with van der Waals surface area (Å²) >= 11 is 0. The molecule has 4 aromatic rings. The van der Waals surface area contributed by atoms with Crippen LogP contribution >= 0.6 is 0 Å². The molecule has 0 unspecified atom stereocenters. The summed E-state index contributed by atoms with van der Waals surface area (Å²) < 4.78 is 27.9. The quantitative estimate of drug-likeness (QED) is 0.435. The van der Waals surface area contributed by atoms with Crippen molar-refractivity contribution in [2.45, 2.75) is 4.90 Å². The zero-order chi connectivity index (χ0) is 17.4. The second kappa shape index (κ2) is 5.75. The maximum Gasteiger partial charge on any atom is 0.261 e. The summed E-state index contributed by atoms with van der Waals surface area (Å²) in [5.41, 5.74) is 8.23. The van der Waals surface area contributed by atoms with Crippen molar-refractivity contribution in [3.05, 3.63) is 72.8 Å². The minimum Gasteiger partial charge on any atom is -0.399 e. The maximum absolute atomic E-state index is 12.6. The largest absolute Gasteiger partial charge is 0.399 e. The van der Waals surface area contributed by atoms with Gasteiger partial charge in [-0.1, -0.05) is 24.3 Å². The number of rotatable bonds is 3. The molecule has 0 aliphatic rings. The van der Waals surface area contributed by atoms with Gasteiger partial charge in [0.15, 0.2) is 0 Å². The second-order valence-corrected chi connectivity index (χ2v) is 7.41. The molecular weight excluding hydrogens is 334 g/mol. The van der Waals surface area contributed by atoms with Gasteiger partial charge in [-0.3, -0.25) is 4.72 Å². The Morgan fingerprint density at radius 3 is 2.36 bits per heavy atom. The summed E-state index contributed by atoms with van der Waals surface area (Å²) in [5, 5.41) is 1.70. The number of pyridine rings is 1. The summed E-state index contributed by atoms with van der Waals surface area (Å²) in [5.74, 6) is 0. The molecule has 0 saturated carbocycles. The van der Waals surface area contributed by atoms with E-state index >= 15 is 0 Å². The number of hydrogen-bond donors (Lipinski definition) is 2. The molecular formula is C19H15N3O2S. The first kappa shape index (κ1) is 15.4. The molecule has 0 fully saturated rings. The molecule has 0 aliphatic heterocycles. The normalized spacial score (nSPS) is 11.7. The number of fused-ring (bicyclic) bond motifs is 2. The van der Waals surface area contributed by atoms with E-state index in [1.54, 1.807) is 24.3 Å². The van der Waals surface area contributed by atoms with E-state index in [1.165, 1.54) is 12.1 Å². The van der Waals surface area contributed by atoms with Gasteiger partial charge in [-0.2, -0.15) is 0 Å². The molecule has 0 spiro atoms. The predicted octanol–water partition coefficient (Wildman–Crippen LogP) is 3.77. The zero-order valence-electron chi connectivity index (χ0n) is 13.2. The first-order valence-corrected chi connectivity index (χ1v) is 9.18. The van der Waals surface area contributed by atoms with Crippen LogP contribution in [-0.4, -0.2) is 13.4 Å². The Morgan fingerprint density at radius 2 is 1.56 bits per heavy atom. The highest BCUT2D eigenvalue weighted by Crippen LogP contribution is 2.28. The molecule has 0 saturated heterocycles. The van der Waals surface area contributed by atoms with Gasteiger partial charge >= 0.3 is 0 Å². The van der Waals surface area contributed by atoms with Crippen molar-refractivity contribution >= 4 is 43.2 Å². The number of benzene rings is 3. The highest BCUT2D eigenvalue weighted by Gasteiger charge is 2.15. The van der Waals surface area contributed by atoms with Gasteiger partial charge in [-0.15, -0.1) is 0 Å². The van der Waals surface area contributed by atoms with Gasteiger partial charge in [0.2, 0.25) is 0 Å². The highest BCUT2D eigenvalue weighted by molar-refractivity contribution is 7.92. The van der Waals surface area contributed by atoms with Crippen molar-refractivity contribution in [3.8, 4) is 0 Å². The SMILES string of the molecule is Nc1ccc(S(=O)(=O)Nc2cccc3nc4ccccc4cc23)cc1. The van der Waals surface area contributed by atoms with Gasteiger partial charge in [-0.05, 0) is 48.5 Å². The third-order valence-electron chi connectivity index (χ3n) is 4.00. The smallest absolute Gasteiger partial charge is 0.261 e. The Morgan fingerprint density at radius 1 is 0.840 bits per heavy atom. The number of aromatic nitrogens is 1. The fourth-order valence-corrected chi connectivity index (χ4v) is 3.82. The molecule has 0 radical (unpaired) electrons. The molecule has 0 bridgehead atoms. The average molecular weight is 349 g/mol. The lowest BCUT2D eigenvalue weighted by molar-refractivity contribution is 0.601. The van der Waals surface area contributed by atoms with Crippen molar-refractivity contribution in [3.63, 3.8) is 0 Å². The van der Waals surface area contributed by atoms with E-state index in [4.69, 9.17) is 5.73 Å². The molecule has 4 rings (SSSR count). The summed E-state index contributed by atoms with van der Waals surface area (Å²) in [4.78, 5) is 4.76. The molecule has 25 heavy (non-hydrogen) atoms. The van der Waals surface area contributed by atoms with E-state index in [0.29, 0.717) is 11.4 Å². The number of nitrogens with zero attached hydrogens (tertiary/aromatic N) is 1. The Balaban J connectivity index is 1.83. The summed E-state index contributed by atoms with van der Waals surface area (Å²) in [6.45, 7) is 0. The van der Waals surface area contributed by atoms with Crippen LogP contribution in [0.2, 0.25) is 0 Å². The van der Waals surface area contributed by atoms with Gasteiger partial charge in [0.05, 0.1) is 21.6 Å². The first-order chi connectivity index (χ1) is 12.0. The van der Waals surface area contributed by atoms with Gasteiger partial charge in [0.25, 0.3) is 10.0 Å². The average Bonchev–Trinajstić information content (AvgIpc) is 2.60. The van der Waals surface area contributed by atoms with E-state index in [1.807, 2.05) is 36.4 Å². The van der Waals surface area contributed by atoms with E-state index in [-0.39, 0.29) is 4.90 Å². The Bertz CT molecular complexity index is 1190. The summed E-state index contributed by atoms with van der Waals surface area (Å²) in [6.07, 6.45) is 0. The van der Waals surface area contributed by atoms with Crippen molar-refractivity contribution in [2.24, 2.45) is 0 Å². The van der Waals surface area contributed by atoms with Gasteiger partial charge in [0.1, 0.15) is 0 Å². The summed E-state index contributed by atoms with van der Waals surface area (Å²) in [7, 11) is -3.71. The first-order valence-electron chi connectivity index (χ1n) is 7.70. The molecule has 124 valence electrons. The lowest BCUT2D eigenvalue weighted by atomic mass is 10.1. The molecule has 3 aromatic carbocycles. The number of nitrogen functional groups attached to an aromatic ring is 1. The van der Waals surface area contributed by atoms with Crippen LogP contribution in [0.25, 0.3) is 21.8 Å². The maximum atomic E-state index is 12.6. The van der Waals surface area contributed by atoms with Crippen LogP contribution in [0.4, 0.5) is 11.4 Å². The number of sulfonamides is 1. The van der Waals surface area contributed by atoms with E-state index in [2.05, 4.69) is 9.71 Å². The fraction of sp³-hybridized carbons (Fsp3) is 0. The molecule has 0 amide bonds. The van der Waals surface area contributed by atoms with Crippen LogP contribution < -0.4 is 10.5 Å². The number of hydrogen-bond acceptors (Lipinski definition) is 4. The van der Waals surface area contributed by atoms with Crippen LogP contribution in [-0.2, 0) is 10.0 Å². The molecule has 1 aromatic heterocycles. The van der Waals surface area contributed by atoms with Crippen molar-refractivity contribution in [1.82, 2.24) is 4.98 Å². The van der Waals surface area contributed by atoms with Gasteiger partial charge < -0.3 is 5.73 Å². The Labute approximate surface area is 145 Å². The van der Waals surface area contributed by atoms with Crippen LogP contribution in [0.5, 0.6) is 0 Å². The monoisotopic (exact) mass is 349 g/mol. The third-order valence-corrected chi connectivity index (χ3v) is 5.38. The lowest BCUT2D eigenvalue weighted by Crippen LogP contribution is -2.13. The van der Waals surface area contributed by atoms with E-state index in [9.17, 15) is 8.42 Å². The predicted molar refractivity (Wildman–Crippen MR) is 101 cm³/mol. The fourth-order valence-electron chi connectivity index (χ4n) is 2.74. The minimum atomic E-state index is -3.71. The van der Waals surface area contributed by atoms with Crippen LogP contribution in [0.15, 0.2) is 77.7 Å². The molecule has 3 N–H and O–H groups in total. The standard InChI is InChI=1S/C19H15N3O2S/c20-14-8-10-15(11-9-14)25(23,24)22-19-7-3-6-18-16(19)12-13-4-1-2-5-17(13)21-18/h1-12,22H,20H2. The Hall–Kier alpha value is -3.12. The second-order valence-electron chi connectivity index (χ2n) is 5.73. The zero-order valence-corrected chi connectivity index (χ0v) is 14.0. The number of para-hydroxylation sites is 1. The van der Waals surface area contributed by atoms with E-state index < -0.39 is 10.0 Å². The lowest BCUT2D eigenvalue weighted by Gasteiger charge is -2.11. The van der Waals surface area contributed by atoms with E-state index in [0.717, 1.165) is 21.8 Å². The van der Waals surface area contributed by atoms with Crippen LogP contribution in [0, 0.1) is 0 Å². The molecule has 5 nitrogen and oxygen atoms in total. The van der Waals surface area contributed by atoms with Crippen LogP contribution in [0.1, 0.15) is 0 Å².